The summed E-state index contributed by atoms with van der Waals surface area (Å²) in [5.41, 5.74) is 2.06. The Hall–Kier alpha value is -2.18. The molecule has 2 aromatic rings. The number of nitrogens with zero attached hydrogens (tertiary/aromatic N) is 2. The second-order valence-corrected chi connectivity index (χ2v) is 8.80. The zero-order valence-electron chi connectivity index (χ0n) is 14.3. The lowest BCUT2D eigenvalue weighted by Crippen LogP contribution is -2.42. The van der Waals surface area contributed by atoms with Crippen molar-refractivity contribution in [2.24, 2.45) is 0 Å². The fourth-order valence-corrected chi connectivity index (χ4v) is 5.45. The summed E-state index contributed by atoms with van der Waals surface area (Å²) in [5, 5.41) is 0. The number of amides is 1. The Bertz CT molecular complexity index is 953. The van der Waals surface area contributed by atoms with Gasteiger partial charge in [0, 0.05) is 25.8 Å². The van der Waals surface area contributed by atoms with Gasteiger partial charge in [0.25, 0.3) is 0 Å². The molecule has 2 aromatic carbocycles. The average Bonchev–Trinajstić information content (AvgIpc) is 3.15. The third-order valence-electron chi connectivity index (χ3n) is 5.39. The van der Waals surface area contributed by atoms with Gasteiger partial charge in [-0.15, -0.1) is 0 Å². The number of sulfonamides is 1. The molecule has 2 aliphatic heterocycles. The summed E-state index contributed by atoms with van der Waals surface area (Å²) >= 11 is 0. The van der Waals surface area contributed by atoms with Crippen LogP contribution in [0.3, 0.4) is 0 Å². The fraction of sp³-hybridized carbons (Fsp3) is 0.316. The van der Waals surface area contributed by atoms with Crippen LogP contribution < -0.4 is 4.90 Å². The van der Waals surface area contributed by atoms with Gasteiger partial charge in [-0.25, -0.2) is 8.42 Å². The summed E-state index contributed by atoms with van der Waals surface area (Å²) in [7, 11) is -1.84. The van der Waals surface area contributed by atoms with Crippen LogP contribution in [-0.2, 0) is 20.2 Å². The molecule has 0 unspecified atom stereocenters. The number of hydrogen-bond donors (Lipinski definition) is 0. The summed E-state index contributed by atoms with van der Waals surface area (Å²) < 4.78 is 27.4. The molecule has 25 heavy (non-hydrogen) atoms. The zero-order valence-corrected chi connectivity index (χ0v) is 15.1. The highest BCUT2D eigenvalue weighted by Gasteiger charge is 2.55. The second kappa shape index (κ2) is 5.41. The number of carbonyl (C=O) groups excluding carboxylic acids is 1. The second-order valence-electron chi connectivity index (χ2n) is 6.87. The Balaban J connectivity index is 1.72. The summed E-state index contributed by atoms with van der Waals surface area (Å²) in [6.07, 6.45) is 0.512. The molecule has 0 N–H and O–H groups in total. The van der Waals surface area contributed by atoms with Gasteiger partial charge >= 0.3 is 0 Å². The first-order valence-electron chi connectivity index (χ1n) is 8.31. The van der Waals surface area contributed by atoms with Crippen molar-refractivity contribution in [3.63, 3.8) is 0 Å². The van der Waals surface area contributed by atoms with E-state index in [1.807, 2.05) is 31.2 Å². The first-order valence-corrected chi connectivity index (χ1v) is 9.75. The van der Waals surface area contributed by atoms with Gasteiger partial charge in [-0.2, -0.15) is 4.31 Å². The van der Waals surface area contributed by atoms with E-state index in [-0.39, 0.29) is 17.3 Å². The number of likely N-dealkylation sites (N-methyl/N-ethyl adjacent to an activating group) is 1. The standard InChI is InChI=1S/C19H20N2O3S/c1-14-7-9-15(10-8-14)25(23,24)21-12-11-19(13-21)16-5-3-4-6-17(16)20(2)18(19)22/h3-10H,11-13H2,1-2H3/t19-/m0/s1. The molecule has 5 nitrogen and oxygen atoms in total. The van der Waals surface area contributed by atoms with Crippen molar-refractivity contribution in [3.8, 4) is 0 Å². The van der Waals surface area contributed by atoms with Crippen LogP contribution in [0.2, 0.25) is 0 Å². The van der Waals surface area contributed by atoms with Crippen LogP contribution in [0.25, 0.3) is 0 Å². The quantitative estimate of drug-likeness (QED) is 0.830. The number of fused-ring (bicyclic) bond motifs is 2. The Kier molecular flexibility index (Phi) is 3.53. The molecular weight excluding hydrogens is 336 g/mol. The number of rotatable bonds is 2. The molecule has 130 valence electrons. The minimum Gasteiger partial charge on any atom is -0.314 e. The van der Waals surface area contributed by atoms with E-state index in [1.54, 1.807) is 36.2 Å². The SMILES string of the molecule is Cc1ccc(S(=O)(=O)N2CC[C@@]3(C2)C(=O)N(C)c2ccccc23)cc1. The lowest BCUT2D eigenvalue weighted by atomic mass is 9.81. The molecule has 2 heterocycles. The van der Waals surface area contributed by atoms with Crippen LogP contribution in [-0.4, -0.2) is 38.8 Å². The van der Waals surface area contributed by atoms with Crippen LogP contribution >= 0.6 is 0 Å². The van der Waals surface area contributed by atoms with Gasteiger partial charge in [0.2, 0.25) is 15.9 Å². The Morgan fingerprint density at radius 1 is 1.04 bits per heavy atom. The zero-order chi connectivity index (χ0) is 17.8. The van der Waals surface area contributed by atoms with Crippen molar-refractivity contribution >= 4 is 21.6 Å². The third kappa shape index (κ3) is 2.24. The topological polar surface area (TPSA) is 57.7 Å². The van der Waals surface area contributed by atoms with Gasteiger partial charge in [0.05, 0.1) is 10.3 Å². The van der Waals surface area contributed by atoms with Gasteiger partial charge in [-0.3, -0.25) is 4.79 Å². The van der Waals surface area contributed by atoms with Crippen LogP contribution in [0, 0.1) is 6.92 Å². The summed E-state index contributed by atoms with van der Waals surface area (Å²) in [6, 6.07) is 14.5. The molecule has 1 fully saturated rings. The highest BCUT2D eigenvalue weighted by atomic mass is 32.2. The maximum atomic E-state index is 13.0. The molecule has 1 spiro atoms. The van der Waals surface area contributed by atoms with Crippen molar-refractivity contribution < 1.29 is 13.2 Å². The maximum absolute atomic E-state index is 13.0. The van der Waals surface area contributed by atoms with Gasteiger partial charge in [-0.05, 0) is 37.1 Å². The van der Waals surface area contributed by atoms with E-state index in [4.69, 9.17) is 0 Å². The van der Waals surface area contributed by atoms with Crippen molar-refractivity contribution in [1.29, 1.82) is 0 Å². The molecule has 2 aliphatic rings. The van der Waals surface area contributed by atoms with E-state index in [0.717, 1.165) is 16.8 Å². The number of benzene rings is 2. The number of carbonyl (C=O) groups is 1. The van der Waals surface area contributed by atoms with Crippen molar-refractivity contribution in [1.82, 2.24) is 4.31 Å². The van der Waals surface area contributed by atoms with E-state index in [1.165, 1.54) is 4.31 Å². The van der Waals surface area contributed by atoms with Gasteiger partial charge < -0.3 is 4.90 Å². The Morgan fingerprint density at radius 2 is 1.72 bits per heavy atom. The fourth-order valence-electron chi connectivity index (χ4n) is 3.95. The molecule has 0 aliphatic carbocycles. The van der Waals surface area contributed by atoms with Gasteiger partial charge in [-0.1, -0.05) is 35.9 Å². The summed E-state index contributed by atoms with van der Waals surface area (Å²) in [6.45, 7) is 2.47. The van der Waals surface area contributed by atoms with Gasteiger partial charge in [0.15, 0.2) is 0 Å². The normalized spacial score (nSPS) is 23.4. The van der Waals surface area contributed by atoms with Crippen molar-refractivity contribution in [2.75, 3.05) is 25.0 Å². The number of aryl methyl sites for hydroxylation is 1. The van der Waals surface area contributed by atoms with E-state index < -0.39 is 15.4 Å². The minimum atomic E-state index is -3.60. The Labute approximate surface area is 147 Å². The van der Waals surface area contributed by atoms with E-state index in [9.17, 15) is 13.2 Å². The lowest BCUT2D eigenvalue weighted by Gasteiger charge is -2.23. The van der Waals surface area contributed by atoms with Crippen molar-refractivity contribution in [2.45, 2.75) is 23.7 Å². The van der Waals surface area contributed by atoms with Crippen LogP contribution in [0.4, 0.5) is 5.69 Å². The lowest BCUT2D eigenvalue weighted by molar-refractivity contribution is -0.122. The van der Waals surface area contributed by atoms with Crippen LogP contribution in [0.15, 0.2) is 53.4 Å². The molecule has 0 radical (unpaired) electrons. The third-order valence-corrected chi connectivity index (χ3v) is 7.25. The molecule has 1 atom stereocenters. The predicted octanol–water partition coefficient (Wildman–Crippen LogP) is 2.30. The smallest absolute Gasteiger partial charge is 0.243 e. The minimum absolute atomic E-state index is 0.0182. The Morgan fingerprint density at radius 3 is 2.44 bits per heavy atom. The molecule has 1 amide bonds. The molecule has 0 saturated carbocycles. The highest BCUT2D eigenvalue weighted by molar-refractivity contribution is 7.89. The van der Waals surface area contributed by atoms with Gasteiger partial charge in [0.1, 0.15) is 0 Å². The molecule has 4 rings (SSSR count). The van der Waals surface area contributed by atoms with E-state index >= 15 is 0 Å². The molecule has 1 saturated heterocycles. The first-order chi connectivity index (χ1) is 11.9. The van der Waals surface area contributed by atoms with Crippen molar-refractivity contribution in [3.05, 3.63) is 59.7 Å². The van der Waals surface area contributed by atoms with Crippen LogP contribution in [0.1, 0.15) is 17.5 Å². The summed E-state index contributed by atoms with van der Waals surface area (Å²) in [5.74, 6) is -0.0182. The maximum Gasteiger partial charge on any atom is 0.243 e. The highest BCUT2D eigenvalue weighted by Crippen LogP contribution is 2.47. The number of para-hydroxylation sites is 1. The molecule has 6 heteroatoms. The van der Waals surface area contributed by atoms with Crippen LogP contribution in [0.5, 0.6) is 0 Å². The van der Waals surface area contributed by atoms with E-state index in [2.05, 4.69) is 0 Å². The summed E-state index contributed by atoms with van der Waals surface area (Å²) in [4.78, 5) is 14.9. The monoisotopic (exact) mass is 356 g/mol. The first kappa shape index (κ1) is 16.3. The molecule has 0 bridgehead atoms. The largest absolute Gasteiger partial charge is 0.314 e. The van der Waals surface area contributed by atoms with E-state index in [0.29, 0.717) is 13.0 Å². The number of hydrogen-bond acceptors (Lipinski definition) is 3. The molecule has 0 aromatic heterocycles. The molecular formula is C19H20N2O3S. The number of anilines is 1. The average molecular weight is 356 g/mol. The predicted molar refractivity (Wildman–Crippen MR) is 96.1 cm³/mol.